The number of halogens is 1. The van der Waals surface area contributed by atoms with E-state index in [0.717, 1.165) is 29.1 Å². The van der Waals surface area contributed by atoms with Crippen LogP contribution < -0.4 is 10.1 Å². The Morgan fingerprint density at radius 1 is 1.67 bits per heavy atom. The maximum absolute atomic E-state index is 5.67. The molecule has 0 radical (unpaired) electrons. The normalized spacial score (nSPS) is 20.5. The lowest BCUT2D eigenvalue weighted by molar-refractivity contribution is 0.276. The van der Waals surface area contributed by atoms with Gasteiger partial charge < -0.3 is 10.1 Å². The molecule has 1 aliphatic rings. The summed E-state index contributed by atoms with van der Waals surface area (Å²) in [5, 5.41) is 3.40. The molecule has 0 aromatic carbocycles. The second kappa shape index (κ2) is 4.94. The van der Waals surface area contributed by atoms with Crippen molar-refractivity contribution in [3.63, 3.8) is 0 Å². The van der Waals surface area contributed by atoms with Gasteiger partial charge in [-0.3, -0.25) is 4.98 Å². The number of pyridine rings is 1. The number of hydrogen-bond donors (Lipinski definition) is 1. The molecule has 1 fully saturated rings. The van der Waals surface area contributed by atoms with Crippen molar-refractivity contribution < 1.29 is 4.74 Å². The fourth-order valence-electron chi connectivity index (χ4n) is 1.66. The summed E-state index contributed by atoms with van der Waals surface area (Å²) in [6.07, 6.45) is 4.24. The zero-order valence-electron chi connectivity index (χ0n) is 8.79. The molecule has 0 bridgehead atoms. The number of nitrogens with zero attached hydrogens (tertiary/aromatic N) is 1. The number of ether oxygens (including phenoxy) is 1. The Morgan fingerprint density at radius 2 is 2.53 bits per heavy atom. The molecule has 1 aliphatic heterocycles. The molecule has 0 amide bonds. The van der Waals surface area contributed by atoms with Crippen LogP contribution in [-0.2, 0) is 0 Å². The van der Waals surface area contributed by atoms with Gasteiger partial charge in [0.05, 0.1) is 11.9 Å². The second-order valence-corrected chi connectivity index (χ2v) is 4.70. The van der Waals surface area contributed by atoms with Crippen molar-refractivity contribution >= 4 is 15.9 Å². The molecule has 1 N–H and O–H groups in total. The fourth-order valence-corrected chi connectivity index (χ4v) is 1.99. The zero-order chi connectivity index (χ0) is 10.7. The Hall–Kier alpha value is -0.610. The topological polar surface area (TPSA) is 34.1 Å². The maximum atomic E-state index is 5.67. The predicted octanol–water partition coefficient (Wildman–Crippen LogP) is 2.28. The first-order chi connectivity index (χ1) is 7.25. The van der Waals surface area contributed by atoms with Gasteiger partial charge in [-0.15, -0.1) is 0 Å². The first-order valence-electron chi connectivity index (χ1n) is 5.24. The molecule has 15 heavy (non-hydrogen) atoms. The number of rotatable bonds is 3. The fraction of sp³-hybridized carbons (Fsp3) is 0.545. The Morgan fingerprint density at radius 3 is 3.20 bits per heavy atom. The van der Waals surface area contributed by atoms with Crippen LogP contribution in [0.15, 0.2) is 16.7 Å². The van der Waals surface area contributed by atoms with Crippen molar-refractivity contribution in [3.05, 3.63) is 22.4 Å². The van der Waals surface area contributed by atoms with Crippen molar-refractivity contribution in [2.75, 3.05) is 13.2 Å². The minimum Gasteiger partial charge on any atom is -0.490 e. The van der Waals surface area contributed by atoms with Gasteiger partial charge in [0.25, 0.3) is 0 Å². The minimum absolute atomic E-state index is 0.505. The molecule has 3 nitrogen and oxygen atoms in total. The average molecular weight is 271 g/mol. The molecular weight excluding hydrogens is 256 g/mol. The van der Waals surface area contributed by atoms with Crippen molar-refractivity contribution in [2.45, 2.75) is 25.8 Å². The number of nitrogens with one attached hydrogen (secondary N) is 1. The molecular formula is C11H15BrN2O. The van der Waals surface area contributed by atoms with Gasteiger partial charge in [-0.25, -0.2) is 0 Å². The largest absolute Gasteiger partial charge is 0.490 e. The summed E-state index contributed by atoms with van der Waals surface area (Å²) in [7, 11) is 0. The van der Waals surface area contributed by atoms with Crippen molar-refractivity contribution in [1.29, 1.82) is 0 Å². The molecule has 0 spiro atoms. The predicted molar refractivity (Wildman–Crippen MR) is 63.2 cm³/mol. The third-order valence-corrected chi connectivity index (χ3v) is 3.42. The van der Waals surface area contributed by atoms with E-state index in [-0.39, 0.29) is 0 Å². The van der Waals surface area contributed by atoms with E-state index in [0.29, 0.717) is 6.04 Å². The van der Waals surface area contributed by atoms with Crippen LogP contribution in [0.5, 0.6) is 5.75 Å². The van der Waals surface area contributed by atoms with E-state index in [4.69, 9.17) is 4.74 Å². The monoisotopic (exact) mass is 270 g/mol. The van der Waals surface area contributed by atoms with E-state index in [9.17, 15) is 0 Å². The van der Waals surface area contributed by atoms with Gasteiger partial charge in [0.15, 0.2) is 0 Å². The summed E-state index contributed by atoms with van der Waals surface area (Å²) in [6.45, 7) is 3.81. The molecule has 1 aromatic heterocycles. The van der Waals surface area contributed by atoms with Crippen molar-refractivity contribution in [1.82, 2.24) is 10.3 Å². The SMILES string of the molecule is Cc1ncc(OCC2CCCN2)cc1Br. The average Bonchev–Trinajstić information content (AvgIpc) is 2.73. The molecule has 1 unspecified atom stereocenters. The number of aryl methyl sites for hydroxylation is 1. The molecule has 1 saturated heterocycles. The van der Waals surface area contributed by atoms with Crippen molar-refractivity contribution in [2.24, 2.45) is 0 Å². The highest BCUT2D eigenvalue weighted by Crippen LogP contribution is 2.20. The smallest absolute Gasteiger partial charge is 0.138 e. The van der Waals surface area contributed by atoms with Gasteiger partial charge in [0, 0.05) is 10.5 Å². The summed E-state index contributed by atoms with van der Waals surface area (Å²) in [6, 6.07) is 2.47. The van der Waals surface area contributed by atoms with E-state index in [2.05, 4.69) is 26.2 Å². The number of aromatic nitrogens is 1. The Balaban J connectivity index is 1.90. The Bertz CT molecular complexity index is 337. The van der Waals surface area contributed by atoms with E-state index in [1.54, 1.807) is 6.20 Å². The molecule has 0 saturated carbocycles. The van der Waals surface area contributed by atoms with E-state index < -0.39 is 0 Å². The zero-order valence-corrected chi connectivity index (χ0v) is 10.4. The van der Waals surface area contributed by atoms with Crippen molar-refractivity contribution in [3.8, 4) is 5.75 Å². The number of hydrogen-bond acceptors (Lipinski definition) is 3. The maximum Gasteiger partial charge on any atom is 0.138 e. The van der Waals surface area contributed by atoms with Gasteiger partial charge in [0.2, 0.25) is 0 Å². The summed E-state index contributed by atoms with van der Waals surface area (Å²) in [4.78, 5) is 4.23. The van der Waals surface area contributed by atoms with Gasteiger partial charge in [-0.1, -0.05) is 0 Å². The van der Waals surface area contributed by atoms with Crippen LogP contribution in [0.2, 0.25) is 0 Å². The Labute approximate surface area is 98.4 Å². The first kappa shape index (κ1) is 10.9. The van der Waals surface area contributed by atoms with Gasteiger partial charge >= 0.3 is 0 Å². The summed E-state index contributed by atoms with van der Waals surface area (Å²) in [5.41, 5.74) is 0.987. The molecule has 1 aromatic rings. The lowest BCUT2D eigenvalue weighted by atomic mass is 10.2. The van der Waals surface area contributed by atoms with Crippen LogP contribution in [0.3, 0.4) is 0 Å². The quantitative estimate of drug-likeness (QED) is 0.915. The van der Waals surface area contributed by atoms with Crippen LogP contribution >= 0.6 is 15.9 Å². The molecule has 82 valence electrons. The van der Waals surface area contributed by atoms with Gasteiger partial charge in [-0.05, 0) is 48.3 Å². The first-order valence-corrected chi connectivity index (χ1v) is 6.03. The minimum atomic E-state index is 0.505. The Kier molecular flexibility index (Phi) is 3.59. The molecule has 2 rings (SSSR count). The van der Waals surface area contributed by atoms with E-state index >= 15 is 0 Å². The van der Waals surface area contributed by atoms with Crippen LogP contribution in [0.1, 0.15) is 18.5 Å². The second-order valence-electron chi connectivity index (χ2n) is 3.84. The lowest BCUT2D eigenvalue weighted by Gasteiger charge is -2.12. The van der Waals surface area contributed by atoms with Crippen LogP contribution in [0.4, 0.5) is 0 Å². The highest BCUT2D eigenvalue weighted by Gasteiger charge is 2.14. The summed E-state index contributed by atoms with van der Waals surface area (Å²) in [5.74, 6) is 0.834. The third-order valence-electron chi connectivity index (χ3n) is 2.61. The van der Waals surface area contributed by atoms with Crippen LogP contribution in [0, 0.1) is 6.92 Å². The summed E-state index contributed by atoms with van der Waals surface area (Å²) < 4.78 is 6.67. The molecule has 0 aliphatic carbocycles. The highest BCUT2D eigenvalue weighted by atomic mass is 79.9. The van der Waals surface area contributed by atoms with Crippen LogP contribution in [0.25, 0.3) is 0 Å². The summed E-state index contributed by atoms with van der Waals surface area (Å²) >= 11 is 3.44. The van der Waals surface area contributed by atoms with E-state index in [1.807, 2.05) is 13.0 Å². The highest BCUT2D eigenvalue weighted by molar-refractivity contribution is 9.10. The molecule has 2 heterocycles. The van der Waals surface area contributed by atoms with Gasteiger partial charge in [0.1, 0.15) is 12.4 Å². The van der Waals surface area contributed by atoms with E-state index in [1.165, 1.54) is 12.8 Å². The lowest BCUT2D eigenvalue weighted by Crippen LogP contribution is -2.28. The molecule has 1 atom stereocenters. The molecule has 4 heteroatoms. The standard InChI is InChI=1S/C11H15BrN2O/c1-8-11(12)5-10(6-14-8)15-7-9-3-2-4-13-9/h5-6,9,13H,2-4,7H2,1H3. The van der Waals surface area contributed by atoms with Crippen LogP contribution in [-0.4, -0.2) is 24.2 Å². The third kappa shape index (κ3) is 2.92. The van der Waals surface area contributed by atoms with Gasteiger partial charge in [-0.2, -0.15) is 0 Å².